The Balaban J connectivity index is 1.70. The van der Waals surface area contributed by atoms with E-state index >= 15 is 0 Å². The maximum atomic E-state index is 12.4. The number of nitrogens with zero attached hydrogens (tertiary/aromatic N) is 2. The minimum absolute atomic E-state index is 0.211. The van der Waals surface area contributed by atoms with E-state index in [-0.39, 0.29) is 6.03 Å². The molecule has 3 rings (SSSR count). The topological polar surface area (TPSA) is 32.8 Å². The highest BCUT2D eigenvalue weighted by atomic mass is 16.5. The van der Waals surface area contributed by atoms with Gasteiger partial charge in [-0.3, -0.25) is 0 Å². The van der Waals surface area contributed by atoms with E-state index in [0.29, 0.717) is 25.3 Å². The molecule has 0 N–H and O–H groups in total. The smallest absolute Gasteiger partial charge is 0.321 e. The van der Waals surface area contributed by atoms with Gasteiger partial charge >= 0.3 is 6.03 Å². The van der Waals surface area contributed by atoms with Gasteiger partial charge in [0.1, 0.15) is 0 Å². The molecule has 0 radical (unpaired) electrons. The second-order valence-corrected chi connectivity index (χ2v) is 4.74. The Morgan fingerprint density at radius 1 is 1.12 bits per heavy atom. The molecule has 2 atom stereocenters. The molecule has 2 saturated heterocycles. The van der Waals surface area contributed by atoms with E-state index in [9.17, 15) is 4.79 Å². The molecule has 0 spiro atoms. The molecule has 4 nitrogen and oxygen atoms in total. The van der Waals surface area contributed by atoms with Crippen molar-refractivity contribution in [2.75, 3.05) is 26.3 Å². The summed E-state index contributed by atoms with van der Waals surface area (Å²) in [7, 11) is 0. The van der Waals surface area contributed by atoms with E-state index in [2.05, 4.69) is 17.1 Å². The number of amides is 2. The lowest BCUT2D eigenvalue weighted by atomic mass is 10.0. The molecule has 3 aliphatic rings. The summed E-state index contributed by atoms with van der Waals surface area (Å²) < 4.78 is 5.28. The molecule has 0 aromatic heterocycles. The van der Waals surface area contributed by atoms with Crippen LogP contribution in [0.1, 0.15) is 19.3 Å². The van der Waals surface area contributed by atoms with Crippen LogP contribution in [0.5, 0.6) is 0 Å². The number of urea groups is 1. The summed E-state index contributed by atoms with van der Waals surface area (Å²) in [4.78, 5) is 16.4. The molecule has 2 amide bonds. The lowest BCUT2D eigenvalue weighted by Crippen LogP contribution is -2.53. The zero-order valence-corrected chi connectivity index (χ0v) is 9.47. The summed E-state index contributed by atoms with van der Waals surface area (Å²) >= 11 is 0. The number of hydrogen-bond donors (Lipinski definition) is 0. The SMILES string of the molecule is O=C(N1CCOCC1)N1C2C=CC1CCC2. The standard InChI is InChI=1S/C12H18N2O2/c15-12(13-6-8-16-9-7-13)14-10-2-1-3-11(14)5-4-10/h4-5,10-11H,1-3,6-9H2. The second-order valence-electron chi connectivity index (χ2n) is 4.74. The molecule has 0 saturated carbocycles. The average Bonchev–Trinajstić information content (AvgIpc) is 2.59. The number of carbonyl (C=O) groups excluding carboxylic acids is 1. The fourth-order valence-corrected chi connectivity index (χ4v) is 2.90. The van der Waals surface area contributed by atoms with E-state index in [1.54, 1.807) is 0 Å². The molecule has 0 aliphatic carbocycles. The third kappa shape index (κ3) is 1.61. The molecule has 2 fully saturated rings. The van der Waals surface area contributed by atoms with Gasteiger partial charge in [-0.1, -0.05) is 12.2 Å². The molecule has 2 unspecified atom stereocenters. The van der Waals surface area contributed by atoms with E-state index in [0.717, 1.165) is 25.9 Å². The number of fused-ring (bicyclic) bond motifs is 2. The van der Waals surface area contributed by atoms with Crippen LogP contribution < -0.4 is 0 Å². The van der Waals surface area contributed by atoms with Crippen LogP contribution in [0.3, 0.4) is 0 Å². The van der Waals surface area contributed by atoms with Crippen molar-refractivity contribution < 1.29 is 9.53 Å². The highest BCUT2D eigenvalue weighted by molar-refractivity contribution is 5.76. The van der Waals surface area contributed by atoms with Crippen LogP contribution in [0.4, 0.5) is 4.79 Å². The maximum absolute atomic E-state index is 12.4. The Morgan fingerprint density at radius 3 is 2.38 bits per heavy atom. The van der Waals surface area contributed by atoms with Gasteiger partial charge in [0, 0.05) is 13.1 Å². The number of morpholine rings is 1. The quantitative estimate of drug-likeness (QED) is 0.577. The molecule has 0 aromatic rings. The third-order valence-electron chi connectivity index (χ3n) is 3.77. The van der Waals surface area contributed by atoms with Crippen molar-refractivity contribution >= 4 is 6.03 Å². The Hall–Kier alpha value is -1.03. The summed E-state index contributed by atoms with van der Waals surface area (Å²) in [5.74, 6) is 0. The van der Waals surface area contributed by atoms with Crippen molar-refractivity contribution in [1.29, 1.82) is 0 Å². The first-order valence-electron chi connectivity index (χ1n) is 6.19. The van der Waals surface area contributed by atoms with Crippen molar-refractivity contribution in [2.24, 2.45) is 0 Å². The van der Waals surface area contributed by atoms with Gasteiger partial charge in [0.25, 0.3) is 0 Å². The van der Waals surface area contributed by atoms with E-state index in [1.165, 1.54) is 6.42 Å². The normalized spacial score (nSPS) is 33.2. The monoisotopic (exact) mass is 222 g/mol. The lowest BCUT2D eigenvalue weighted by molar-refractivity contribution is 0.0361. The van der Waals surface area contributed by atoms with E-state index in [1.807, 2.05) is 4.90 Å². The van der Waals surface area contributed by atoms with Crippen LogP contribution in [0.15, 0.2) is 12.2 Å². The van der Waals surface area contributed by atoms with Crippen molar-refractivity contribution in [2.45, 2.75) is 31.3 Å². The van der Waals surface area contributed by atoms with Gasteiger partial charge in [0.05, 0.1) is 25.3 Å². The first kappa shape index (κ1) is 10.1. The van der Waals surface area contributed by atoms with Crippen LogP contribution in [0.2, 0.25) is 0 Å². The van der Waals surface area contributed by atoms with E-state index in [4.69, 9.17) is 4.74 Å². The molecule has 3 heterocycles. The van der Waals surface area contributed by atoms with Gasteiger partial charge in [0.15, 0.2) is 0 Å². The van der Waals surface area contributed by atoms with Gasteiger partial charge in [-0.15, -0.1) is 0 Å². The van der Waals surface area contributed by atoms with Crippen LogP contribution in [-0.2, 0) is 4.74 Å². The van der Waals surface area contributed by atoms with Crippen molar-refractivity contribution in [3.63, 3.8) is 0 Å². The number of hydrogen-bond acceptors (Lipinski definition) is 2. The number of ether oxygens (including phenoxy) is 1. The maximum Gasteiger partial charge on any atom is 0.321 e. The highest BCUT2D eigenvalue weighted by Gasteiger charge is 2.37. The fraction of sp³-hybridized carbons (Fsp3) is 0.750. The lowest BCUT2D eigenvalue weighted by Gasteiger charge is -2.39. The molecule has 88 valence electrons. The zero-order valence-electron chi connectivity index (χ0n) is 9.47. The van der Waals surface area contributed by atoms with Gasteiger partial charge in [-0.25, -0.2) is 4.79 Å². The van der Waals surface area contributed by atoms with Crippen LogP contribution in [0.25, 0.3) is 0 Å². The summed E-state index contributed by atoms with van der Waals surface area (Å²) in [6.45, 7) is 2.86. The minimum Gasteiger partial charge on any atom is -0.378 e. The molecule has 4 heteroatoms. The van der Waals surface area contributed by atoms with Gasteiger partial charge < -0.3 is 14.5 Å². The predicted molar refractivity (Wildman–Crippen MR) is 60.2 cm³/mol. The van der Waals surface area contributed by atoms with Gasteiger partial charge in [-0.2, -0.15) is 0 Å². The molecular weight excluding hydrogens is 204 g/mol. The number of rotatable bonds is 0. The summed E-state index contributed by atoms with van der Waals surface area (Å²) in [6.07, 6.45) is 7.91. The van der Waals surface area contributed by atoms with Crippen molar-refractivity contribution in [1.82, 2.24) is 9.80 Å². The largest absolute Gasteiger partial charge is 0.378 e. The second kappa shape index (κ2) is 4.09. The molecule has 0 aromatic carbocycles. The van der Waals surface area contributed by atoms with Crippen molar-refractivity contribution in [3.8, 4) is 0 Å². The van der Waals surface area contributed by atoms with Crippen molar-refractivity contribution in [3.05, 3.63) is 12.2 Å². The Morgan fingerprint density at radius 2 is 1.75 bits per heavy atom. The Kier molecular flexibility index (Phi) is 2.59. The Bertz CT molecular complexity index is 296. The molecule has 3 aliphatic heterocycles. The molecule has 16 heavy (non-hydrogen) atoms. The summed E-state index contributed by atoms with van der Waals surface area (Å²) in [6, 6.07) is 0.922. The van der Waals surface area contributed by atoms with Crippen LogP contribution in [-0.4, -0.2) is 54.2 Å². The highest BCUT2D eigenvalue weighted by Crippen LogP contribution is 2.31. The van der Waals surface area contributed by atoms with Crippen LogP contribution >= 0.6 is 0 Å². The first-order valence-corrected chi connectivity index (χ1v) is 6.19. The Labute approximate surface area is 95.8 Å². The molecule has 2 bridgehead atoms. The van der Waals surface area contributed by atoms with E-state index < -0.39 is 0 Å². The first-order chi connectivity index (χ1) is 7.86. The number of carbonyl (C=O) groups is 1. The minimum atomic E-state index is 0.211. The third-order valence-corrected chi connectivity index (χ3v) is 3.77. The average molecular weight is 222 g/mol. The summed E-state index contributed by atoms with van der Waals surface area (Å²) in [5, 5.41) is 0. The number of piperidine rings is 1. The van der Waals surface area contributed by atoms with Gasteiger partial charge in [-0.05, 0) is 19.3 Å². The zero-order chi connectivity index (χ0) is 11.0. The van der Waals surface area contributed by atoms with Crippen LogP contribution in [0, 0.1) is 0 Å². The predicted octanol–water partition coefficient (Wildman–Crippen LogP) is 1.23. The fourth-order valence-electron chi connectivity index (χ4n) is 2.90. The molecular formula is C12H18N2O2. The van der Waals surface area contributed by atoms with Gasteiger partial charge in [0.2, 0.25) is 0 Å². The summed E-state index contributed by atoms with van der Waals surface area (Å²) in [5.41, 5.74) is 0.